The van der Waals surface area contributed by atoms with Crippen molar-refractivity contribution in [3.05, 3.63) is 0 Å². The van der Waals surface area contributed by atoms with Crippen LogP contribution in [-0.4, -0.2) is 30.4 Å². The minimum absolute atomic E-state index is 0.256. The molecule has 0 heterocycles. The number of hydrogen-bond donors (Lipinski definition) is 1. The maximum absolute atomic E-state index is 12.8. The molecule has 2 unspecified atom stereocenters. The molecule has 0 spiro atoms. The summed E-state index contributed by atoms with van der Waals surface area (Å²) < 4.78 is 0. The molecule has 0 saturated heterocycles. The summed E-state index contributed by atoms with van der Waals surface area (Å²) in [6.45, 7) is 0.960. The second-order valence-corrected chi connectivity index (χ2v) is 8.25. The fraction of sp³-hybridized carbons (Fsp3) is 0.947. The average Bonchev–Trinajstić information content (AvgIpc) is 2.52. The van der Waals surface area contributed by atoms with Gasteiger partial charge in [-0.05, 0) is 49.9 Å². The van der Waals surface area contributed by atoms with Crippen molar-refractivity contribution in [2.24, 2.45) is 29.4 Å². The average molecular weight is 306 g/mol. The van der Waals surface area contributed by atoms with E-state index >= 15 is 0 Å². The number of rotatable bonds is 4. The van der Waals surface area contributed by atoms with E-state index in [0.717, 1.165) is 25.3 Å². The lowest BCUT2D eigenvalue weighted by molar-refractivity contribution is -0.137. The molecule has 3 aliphatic rings. The molecule has 3 nitrogen and oxygen atoms in total. The molecule has 3 saturated carbocycles. The topological polar surface area (TPSA) is 46.3 Å². The van der Waals surface area contributed by atoms with Crippen molar-refractivity contribution in [3.8, 4) is 0 Å². The van der Waals surface area contributed by atoms with Gasteiger partial charge in [0.05, 0.1) is 0 Å². The molecule has 126 valence electrons. The van der Waals surface area contributed by atoms with Crippen molar-refractivity contribution in [1.29, 1.82) is 0 Å². The van der Waals surface area contributed by atoms with Crippen LogP contribution in [0.1, 0.15) is 70.6 Å². The van der Waals surface area contributed by atoms with Crippen LogP contribution in [0, 0.1) is 23.7 Å². The number of hydrogen-bond acceptors (Lipinski definition) is 2. The van der Waals surface area contributed by atoms with Crippen LogP contribution in [0.2, 0.25) is 0 Å². The molecule has 0 radical (unpaired) electrons. The predicted octanol–water partition coefficient (Wildman–Crippen LogP) is 3.57. The summed E-state index contributed by atoms with van der Waals surface area (Å²) in [4.78, 5) is 14.8. The second kappa shape index (κ2) is 7.33. The van der Waals surface area contributed by atoms with Crippen LogP contribution in [0.3, 0.4) is 0 Å². The van der Waals surface area contributed by atoms with Gasteiger partial charge in [0.2, 0.25) is 5.91 Å². The van der Waals surface area contributed by atoms with Gasteiger partial charge < -0.3 is 10.6 Å². The highest BCUT2D eigenvalue weighted by atomic mass is 16.2. The zero-order valence-electron chi connectivity index (χ0n) is 14.3. The first-order valence-corrected chi connectivity index (χ1v) is 9.65. The van der Waals surface area contributed by atoms with Crippen molar-refractivity contribution in [2.45, 2.75) is 76.7 Å². The molecule has 0 aliphatic heterocycles. The number of carbonyl (C=O) groups excluding carboxylic acids is 1. The summed E-state index contributed by atoms with van der Waals surface area (Å²) in [5.41, 5.74) is 6.35. The third-order valence-corrected chi connectivity index (χ3v) is 6.74. The molecule has 0 aromatic heterocycles. The van der Waals surface area contributed by atoms with Crippen molar-refractivity contribution < 1.29 is 4.79 Å². The molecule has 2 atom stereocenters. The van der Waals surface area contributed by atoms with Gasteiger partial charge in [-0.25, -0.2) is 0 Å². The van der Waals surface area contributed by atoms with Gasteiger partial charge in [0.1, 0.15) is 0 Å². The first kappa shape index (κ1) is 16.3. The molecular weight excluding hydrogens is 272 g/mol. The van der Waals surface area contributed by atoms with Crippen LogP contribution in [0.5, 0.6) is 0 Å². The lowest BCUT2D eigenvalue weighted by Crippen LogP contribution is -2.49. The number of nitrogens with zero attached hydrogens (tertiary/aromatic N) is 1. The Balaban J connectivity index is 1.48. The van der Waals surface area contributed by atoms with Crippen LogP contribution in [0.25, 0.3) is 0 Å². The number of amides is 1. The van der Waals surface area contributed by atoms with Crippen LogP contribution in [-0.2, 0) is 4.79 Å². The fourth-order valence-corrected chi connectivity index (χ4v) is 5.26. The van der Waals surface area contributed by atoms with Gasteiger partial charge in [-0.15, -0.1) is 0 Å². The summed E-state index contributed by atoms with van der Waals surface area (Å²) >= 11 is 0. The Hall–Kier alpha value is -0.570. The van der Waals surface area contributed by atoms with Crippen LogP contribution < -0.4 is 5.73 Å². The monoisotopic (exact) mass is 306 g/mol. The summed E-state index contributed by atoms with van der Waals surface area (Å²) in [7, 11) is 2.02. The Labute approximate surface area is 136 Å². The summed E-state index contributed by atoms with van der Waals surface area (Å²) in [5, 5.41) is 0. The lowest BCUT2D eigenvalue weighted by atomic mass is 9.65. The van der Waals surface area contributed by atoms with Crippen molar-refractivity contribution in [3.63, 3.8) is 0 Å². The molecule has 3 fully saturated rings. The molecule has 0 aromatic carbocycles. The van der Waals surface area contributed by atoms with Gasteiger partial charge in [0.15, 0.2) is 0 Å². The Morgan fingerprint density at radius 1 is 1.00 bits per heavy atom. The van der Waals surface area contributed by atoms with E-state index in [2.05, 4.69) is 0 Å². The first-order chi connectivity index (χ1) is 10.6. The summed E-state index contributed by atoms with van der Waals surface area (Å²) in [6, 6.07) is 0.366. The Morgan fingerprint density at radius 2 is 1.64 bits per heavy atom. The van der Waals surface area contributed by atoms with Crippen LogP contribution in [0.4, 0.5) is 0 Å². The Morgan fingerprint density at radius 3 is 2.27 bits per heavy atom. The molecule has 22 heavy (non-hydrogen) atoms. The van der Waals surface area contributed by atoms with E-state index in [-0.39, 0.29) is 5.92 Å². The van der Waals surface area contributed by atoms with E-state index in [1.165, 1.54) is 57.8 Å². The molecule has 3 rings (SSSR count). The van der Waals surface area contributed by atoms with Gasteiger partial charge in [-0.3, -0.25) is 4.79 Å². The van der Waals surface area contributed by atoms with Crippen LogP contribution in [0.15, 0.2) is 0 Å². The highest BCUT2D eigenvalue weighted by Gasteiger charge is 2.41. The Kier molecular flexibility index (Phi) is 5.43. The smallest absolute Gasteiger partial charge is 0.225 e. The minimum atomic E-state index is 0.256. The lowest BCUT2D eigenvalue weighted by Gasteiger charge is -2.44. The first-order valence-electron chi connectivity index (χ1n) is 9.65. The summed E-state index contributed by atoms with van der Waals surface area (Å²) in [6.07, 6.45) is 14.1. The normalized spacial score (nSPS) is 36.1. The zero-order chi connectivity index (χ0) is 15.5. The number of fused-ring (bicyclic) bond motifs is 2. The van der Waals surface area contributed by atoms with Gasteiger partial charge in [-0.1, -0.05) is 38.5 Å². The highest BCUT2D eigenvalue weighted by Crippen LogP contribution is 2.42. The SMILES string of the molecule is CN(CCC1CCCCC1)C(=O)C1CC2CCCC(C1)C2N. The van der Waals surface area contributed by atoms with Gasteiger partial charge >= 0.3 is 0 Å². The third-order valence-electron chi connectivity index (χ3n) is 6.74. The quantitative estimate of drug-likeness (QED) is 0.863. The molecule has 2 N–H and O–H groups in total. The molecular formula is C19H34N2O. The van der Waals surface area contributed by atoms with Gasteiger partial charge in [0.25, 0.3) is 0 Å². The van der Waals surface area contributed by atoms with Crippen LogP contribution >= 0.6 is 0 Å². The zero-order valence-corrected chi connectivity index (χ0v) is 14.3. The van der Waals surface area contributed by atoms with E-state index in [0.29, 0.717) is 23.8 Å². The van der Waals surface area contributed by atoms with Crippen molar-refractivity contribution in [1.82, 2.24) is 4.90 Å². The van der Waals surface area contributed by atoms with E-state index in [1.807, 2.05) is 11.9 Å². The van der Waals surface area contributed by atoms with Gasteiger partial charge in [-0.2, -0.15) is 0 Å². The minimum Gasteiger partial charge on any atom is -0.346 e. The maximum Gasteiger partial charge on any atom is 0.225 e. The number of nitrogens with two attached hydrogens (primary N) is 1. The second-order valence-electron chi connectivity index (χ2n) is 8.25. The third kappa shape index (κ3) is 3.67. The molecule has 2 bridgehead atoms. The number of carbonyl (C=O) groups is 1. The van der Waals surface area contributed by atoms with Crippen molar-refractivity contribution >= 4 is 5.91 Å². The standard InChI is InChI=1S/C19H34N2O/c1-21(11-10-14-6-3-2-4-7-14)19(22)17-12-15-8-5-9-16(13-17)18(15)20/h14-18H,2-13,20H2,1H3. The summed E-state index contributed by atoms with van der Waals surface area (Å²) in [5.74, 6) is 2.73. The molecule has 3 aliphatic carbocycles. The van der Waals surface area contributed by atoms with Crippen molar-refractivity contribution in [2.75, 3.05) is 13.6 Å². The maximum atomic E-state index is 12.8. The molecule has 3 heteroatoms. The van der Waals surface area contributed by atoms with E-state index in [9.17, 15) is 4.79 Å². The molecule has 1 amide bonds. The van der Waals surface area contributed by atoms with Gasteiger partial charge in [0, 0.05) is 25.6 Å². The van der Waals surface area contributed by atoms with E-state index in [1.54, 1.807) is 0 Å². The van der Waals surface area contributed by atoms with E-state index in [4.69, 9.17) is 5.73 Å². The Bertz CT molecular complexity index is 364. The predicted molar refractivity (Wildman–Crippen MR) is 90.4 cm³/mol. The highest BCUT2D eigenvalue weighted by molar-refractivity contribution is 5.78. The fourth-order valence-electron chi connectivity index (χ4n) is 5.26. The van der Waals surface area contributed by atoms with E-state index < -0.39 is 0 Å². The largest absolute Gasteiger partial charge is 0.346 e. The molecule has 0 aromatic rings.